The summed E-state index contributed by atoms with van der Waals surface area (Å²) < 4.78 is 11.1. The third-order valence-corrected chi connectivity index (χ3v) is 6.40. The Balaban J connectivity index is 1.43. The predicted molar refractivity (Wildman–Crippen MR) is 135 cm³/mol. The Bertz CT molecular complexity index is 1390. The molecule has 0 spiro atoms. The zero-order valence-electron chi connectivity index (χ0n) is 19.1. The van der Waals surface area contributed by atoms with Gasteiger partial charge in [0.15, 0.2) is 6.10 Å². The van der Waals surface area contributed by atoms with Crippen molar-refractivity contribution in [2.75, 3.05) is 23.9 Å². The average molecular weight is 487 g/mol. The predicted octanol–water partition coefficient (Wildman–Crippen LogP) is 4.63. The zero-order chi connectivity index (χ0) is 24.4. The van der Waals surface area contributed by atoms with Gasteiger partial charge in [-0.15, -0.1) is 11.3 Å². The molecule has 3 heterocycles. The molecule has 5 rings (SSSR count). The van der Waals surface area contributed by atoms with Gasteiger partial charge in [-0.2, -0.15) is 0 Å². The van der Waals surface area contributed by atoms with E-state index >= 15 is 0 Å². The smallest absolute Gasteiger partial charge is 0.268 e. The van der Waals surface area contributed by atoms with Crippen LogP contribution in [0.1, 0.15) is 6.92 Å². The SMILES string of the molecule is COc1ccccc1NC(=O)CN1C(=O)C(C)Oc2ccc(-c3csc(-c4ccccn4)n3)cc21. The first-order valence-electron chi connectivity index (χ1n) is 11.0. The highest BCUT2D eigenvalue weighted by Crippen LogP contribution is 2.38. The minimum atomic E-state index is -0.706. The van der Waals surface area contributed by atoms with Gasteiger partial charge in [-0.3, -0.25) is 19.5 Å². The lowest BCUT2D eigenvalue weighted by atomic mass is 10.1. The minimum Gasteiger partial charge on any atom is -0.495 e. The van der Waals surface area contributed by atoms with Gasteiger partial charge < -0.3 is 14.8 Å². The Hall–Kier alpha value is -4.24. The molecule has 0 saturated carbocycles. The first-order chi connectivity index (χ1) is 17.0. The van der Waals surface area contributed by atoms with Crippen LogP contribution in [0.5, 0.6) is 11.5 Å². The lowest BCUT2D eigenvalue weighted by Crippen LogP contribution is -2.47. The van der Waals surface area contributed by atoms with Crippen LogP contribution in [0, 0.1) is 0 Å². The van der Waals surface area contributed by atoms with Crippen LogP contribution in [0.2, 0.25) is 0 Å². The van der Waals surface area contributed by atoms with E-state index in [0.717, 1.165) is 22.0 Å². The number of carbonyl (C=O) groups excluding carboxylic acids is 2. The van der Waals surface area contributed by atoms with E-state index in [9.17, 15) is 9.59 Å². The van der Waals surface area contributed by atoms with E-state index in [1.165, 1.54) is 23.3 Å². The lowest BCUT2D eigenvalue weighted by molar-refractivity contribution is -0.127. The summed E-state index contributed by atoms with van der Waals surface area (Å²) in [4.78, 5) is 36.4. The number of thiazole rings is 1. The minimum absolute atomic E-state index is 0.169. The van der Waals surface area contributed by atoms with Crippen LogP contribution in [0.25, 0.3) is 22.0 Å². The van der Waals surface area contributed by atoms with E-state index in [1.54, 1.807) is 37.4 Å². The van der Waals surface area contributed by atoms with Crippen LogP contribution in [0.3, 0.4) is 0 Å². The molecule has 1 aliphatic heterocycles. The molecular weight excluding hydrogens is 464 g/mol. The number of pyridine rings is 1. The standard InChI is InChI=1S/C26H22N4O4S/c1-16-26(32)30(14-24(31)28-18-7-3-4-9-22(18)33-2)21-13-17(10-11-23(21)34-16)20-15-35-25(29-20)19-8-5-6-12-27-19/h3-13,15-16H,14H2,1-2H3,(H,28,31). The number of benzene rings is 2. The fourth-order valence-electron chi connectivity index (χ4n) is 3.82. The van der Waals surface area contributed by atoms with Crippen LogP contribution < -0.4 is 19.7 Å². The highest BCUT2D eigenvalue weighted by atomic mass is 32.1. The van der Waals surface area contributed by atoms with E-state index in [2.05, 4.69) is 10.3 Å². The maximum absolute atomic E-state index is 13.0. The largest absolute Gasteiger partial charge is 0.495 e. The Kier molecular flexibility index (Phi) is 6.15. The van der Waals surface area contributed by atoms with Crippen LogP contribution in [-0.2, 0) is 9.59 Å². The molecule has 4 aromatic rings. The van der Waals surface area contributed by atoms with Gasteiger partial charge in [-0.1, -0.05) is 18.2 Å². The van der Waals surface area contributed by atoms with Crippen molar-refractivity contribution in [3.05, 3.63) is 72.2 Å². The molecule has 0 radical (unpaired) electrons. The Morgan fingerprint density at radius 1 is 1.14 bits per heavy atom. The number of hydrogen-bond acceptors (Lipinski definition) is 7. The van der Waals surface area contributed by atoms with Crippen LogP contribution in [0.15, 0.2) is 72.2 Å². The summed E-state index contributed by atoms with van der Waals surface area (Å²) in [5.74, 6) is 0.431. The third-order valence-electron chi connectivity index (χ3n) is 5.53. The Labute approximate surface area is 206 Å². The highest BCUT2D eigenvalue weighted by Gasteiger charge is 2.33. The summed E-state index contributed by atoms with van der Waals surface area (Å²) >= 11 is 1.49. The normalized spacial score (nSPS) is 14.7. The number of rotatable bonds is 6. The number of aromatic nitrogens is 2. The van der Waals surface area contributed by atoms with Gasteiger partial charge in [0, 0.05) is 17.1 Å². The zero-order valence-corrected chi connectivity index (χ0v) is 19.9. The number of nitrogens with one attached hydrogen (secondary N) is 1. The number of para-hydroxylation sites is 2. The van der Waals surface area contributed by atoms with Crippen molar-refractivity contribution in [3.8, 4) is 33.5 Å². The monoisotopic (exact) mass is 486 g/mol. The summed E-state index contributed by atoms with van der Waals surface area (Å²) in [6.45, 7) is 1.50. The van der Waals surface area contributed by atoms with Gasteiger partial charge in [0.2, 0.25) is 5.91 Å². The molecule has 2 amide bonds. The lowest BCUT2D eigenvalue weighted by Gasteiger charge is -2.33. The molecule has 0 saturated heterocycles. The molecular formula is C26H22N4O4S. The Morgan fingerprint density at radius 2 is 1.97 bits per heavy atom. The molecule has 2 aromatic heterocycles. The quantitative estimate of drug-likeness (QED) is 0.427. The van der Waals surface area contributed by atoms with Gasteiger partial charge in [-0.25, -0.2) is 4.98 Å². The van der Waals surface area contributed by atoms with Crippen LogP contribution >= 0.6 is 11.3 Å². The van der Waals surface area contributed by atoms with Gasteiger partial charge in [0.1, 0.15) is 23.1 Å². The van der Waals surface area contributed by atoms with Crippen molar-refractivity contribution in [2.45, 2.75) is 13.0 Å². The molecule has 0 fully saturated rings. The van der Waals surface area contributed by atoms with E-state index in [4.69, 9.17) is 14.5 Å². The van der Waals surface area contributed by atoms with Crippen molar-refractivity contribution in [1.29, 1.82) is 0 Å². The van der Waals surface area contributed by atoms with Gasteiger partial charge in [0.25, 0.3) is 5.91 Å². The molecule has 1 unspecified atom stereocenters. The maximum atomic E-state index is 13.0. The van der Waals surface area contributed by atoms with Gasteiger partial charge >= 0.3 is 0 Å². The van der Waals surface area contributed by atoms with Crippen LogP contribution in [0.4, 0.5) is 11.4 Å². The van der Waals surface area contributed by atoms with Gasteiger partial charge in [0.05, 0.1) is 29.9 Å². The maximum Gasteiger partial charge on any atom is 0.268 e. The number of anilines is 2. The second-order valence-electron chi connectivity index (χ2n) is 7.87. The van der Waals surface area contributed by atoms with Crippen molar-refractivity contribution < 1.29 is 19.1 Å². The summed E-state index contributed by atoms with van der Waals surface area (Å²) in [6, 6.07) is 18.3. The number of fused-ring (bicyclic) bond motifs is 1. The van der Waals surface area contributed by atoms with E-state index in [0.29, 0.717) is 22.9 Å². The molecule has 0 bridgehead atoms. The molecule has 9 heteroatoms. The Morgan fingerprint density at radius 3 is 2.77 bits per heavy atom. The summed E-state index contributed by atoms with van der Waals surface area (Å²) in [6.07, 6.45) is 1.02. The first kappa shape index (κ1) is 22.5. The number of hydrogen-bond donors (Lipinski definition) is 1. The molecule has 1 aliphatic rings. The first-order valence-corrected chi connectivity index (χ1v) is 11.8. The molecule has 1 atom stereocenters. The molecule has 176 valence electrons. The van der Waals surface area contributed by atoms with E-state index in [-0.39, 0.29) is 18.4 Å². The summed E-state index contributed by atoms with van der Waals surface area (Å²) in [5, 5.41) is 5.57. The van der Waals surface area contributed by atoms with Gasteiger partial charge in [-0.05, 0) is 49.4 Å². The second-order valence-corrected chi connectivity index (χ2v) is 8.73. The van der Waals surface area contributed by atoms with Crippen LogP contribution in [-0.4, -0.2) is 41.5 Å². The molecule has 8 nitrogen and oxygen atoms in total. The number of ether oxygens (including phenoxy) is 2. The molecule has 1 N–H and O–H groups in total. The number of amides is 2. The van der Waals surface area contributed by atoms with E-state index in [1.807, 2.05) is 41.8 Å². The summed E-state index contributed by atoms with van der Waals surface area (Å²) in [5.41, 5.74) is 3.41. The topological polar surface area (TPSA) is 93.7 Å². The van der Waals surface area contributed by atoms with E-state index < -0.39 is 6.10 Å². The number of carbonyl (C=O) groups is 2. The number of methoxy groups -OCH3 is 1. The van der Waals surface area contributed by atoms with Crippen molar-refractivity contribution in [3.63, 3.8) is 0 Å². The highest BCUT2D eigenvalue weighted by molar-refractivity contribution is 7.13. The number of nitrogens with zero attached hydrogens (tertiary/aromatic N) is 3. The fraction of sp³-hybridized carbons (Fsp3) is 0.154. The van der Waals surface area contributed by atoms with Crippen molar-refractivity contribution >= 4 is 34.5 Å². The van der Waals surface area contributed by atoms with Crippen molar-refractivity contribution in [1.82, 2.24) is 9.97 Å². The average Bonchev–Trinajstić information content (AvgIpc) is 3.38. The molecule has 0 aliphatic carbocycles. The fourth-order valence-corrected chi connectivity index (χ4v) is 4.63. The molecule has 2 aromatic carbocycles. The summed E-state index contributed by atoms with van der Waals surface area (Å²) in [7, 11) is 1.54. The second kappa shape index (κ2) is 9.55. The third kappa shape index (κ3) is 4.58. The van der Waals surface area contributed by atoms with Crippen molar-refractivity contribution in [2.24, 2.45) is 0 Å². The molecule has 35 heavy (non-hydrogen) atoms.